The maximum Gasteiger partial charge on any atom is 0.333 e. The van der Waals surface area contributed by atoms with Crippen molar-refractivity contribution < 1.29 is 15.0 Å². The number of aromatic nitrogens is 4. The topological polar surface area (TPSA) is 101 Å². The van der Waals surface area contributed by atoms with Gasteiger partial charge in [-0.05, 0) is 28.1 Å². The van der Waals surface area contributed by atoms with Gasteiger partial charge in [0.2, 0.25) is 0 Å². The number of carboxylic acid groups (broad SMARTS) is 1. The van der Waals surface area contributed by atoms with E-state index in [4.69, 9.17) is 10.2 Å². The summed E-state index contributed by atoms with van der Waals surface area (Å²) in [6.45, 7) is 0. The van der Waals surface area contributed by atoms with Crippen LogP contribution in [-0.4, -0.2) is 36.4 Å². The van der Waals surface area contributed by atoms with Crippen LogP contribution < -0.4 is 0 Å². The molecular weight excluding hydrogens is 212 g/mol. The summed E-state index contributed by atoms with van der Waals surface area (Å²) in [7, 11) is 0. The number of benzene rings is 1. The molecule has 1 atom stereocenters. The molecule has 0 spiro atoms. The fourth-order valence-corrected chi connectivity index (χ4v) is 1.35. The Morgan fingerprint density at radius 3 is 2.50 bits per heavy atom. The maximum atomic E-state index is 11.1. The summed E-state index contributed by atoms with van der Waals surface area (Å²) in [5.41, 5.74) is 0.484. The molecule has 0 radical (unpaired) electrons. The Balaban J connectivity index is 2.41. The SMILES string of the molecule is O=C(O)[C@H](c1ccc(O)cc1)n1cnnn1. The highest BCUT2D eigenvalue weighted by atomic mass is 16.4. The molecule has 0 aliphatic rings. The lowest BCUT2D eigenvalue weighted by atomic mass is 10.1. The summed E-state index contributed by atoms with van der Waals surface area (Å²) in [4.78, 5) is 11.1. The van der Waals surface area contributed by atoms with Crippen LogP contribution in [-0.2, 0) is 4.79 Å². The first-order valence-electron chi connectivity index (χ1n) is 4.42. The summed E-state index contributed by atoms with van der Waals surface area (Å²) >= 11 is 0. The van der Waals surface area contributed by atoms with Crippen LogP contribution in [0.4, 0.5) is 0 Å². The van der Waals surface area contributed by atoms with E-state index in [-0.39, 0.29) is 5.75 Å². The lowest BCUT2D eigenvalue weighted by Crippen LogP contribution is -2.20. The number of hydrogen-bond acceptors (Lipinski definition) is 5. The molecule has 2 rings (SSSR count). The molecule has 7 nitrogen and oxygen atoms in total. The van der Waals surface area contributed by atoms with Gasteiger partial charge in [-0.2, -0.15) is 0 Å². The van der Waals surface area contributed by atoms with Crippen molar-refractivity contribution in [2.45, 2.75) is 6.04 Å². The van der Waals surface area contributed by atoms with Crippen molar-refractivity contribution in [3.05, 3.63) is 36.2 Å². The van der Waals surface area contributed by atoms with Crippen molar-refractivity contribution in [2.75, 3.05) is 0 Å². The molecule has 0 saturated heterocycles. The second-order valence-electron chi connectivity index (χ2n) is 3.12. The standard InChI is InChI=1S/C9H8N4O3/c14-7-3-1-6(2-4-7)8(9(15)16)13-5-10-11-12-13/h1-5,8,14H,(H,15,16)/t8-/m0/s1. The summed E-state index contributed by atoms with van der Waals surface area (Å²) in [5, 5.41) is 28.5. The van der Waals surface area contributed by atoms with Gasteiger partial charge in [-0.3, -0.25) is 0 Å². The zero-order chi connectivity index (χ0) is 11.5. The number of carbonyl (C=O) groups is 1. The van der Waals surface area contributed by atoms with E-state index in [0.717, 1.165) is 4.68 Å². The third-order valence-corrected chi connectivity index (χ3v) is 2.07. The van der Waals surface area contributed by atoms with Gasteiger partial charge in [-0.15, -0.1) is 5.10 Å². The molecule has 0 unspecified atom stereocenters. The number of phenols is 1. The molecule has 0 bridgehead atoms. The first kappa shape index (κ1) is 10.1. The van der Waals surface area contributed by atoms with Crippen LogP contribution in [0.5, 0.6) is 5.75 Å². The predicted molar refractivity (Wildman–Crippen MR) is 51.7 cm³/mol. The lowest BCUT2D eigenvalue weighted by Gasteiger charge is -2.11. The zero-order valence-electron chi connectivity index (χ0n) is 8.06. The van der Waals surface area contributed by atoms with Gasteiger partial charge in [-0.25, -0.2) is 9.48 Å². The highest BCUT2D eigenvalue weighted by molar-refractivity contribution is 5.75. The Morgan fingerprint density at radius 1 is 1.31 bits per heavy atom. The first-order chi connectivity index (χ1) is 7.68. The molecule has 82 valence electrons. The minimum Gasteiger partial charge on any atom is -0.508 e. The Morgan fingerprint density at radius 2 is 2.00 bits per heavy atom. The van der Waals surface area contributed by atoms with Crippen molar-refractivity contribution in [2.24, 2.45) is 0 Å². The van der Waals surface area contributed by atoms with Crippen LogP contribution in [0.3, 0.4) is 0 Å². The van der Waals surface area contributed by atoms with Crippen LogP contribution in [0.15, 0.2) is 30.6 Å². The first-order valence-corrected chi connectivity index (χ1v) is 4.42. The molecule has 0 aliphatic carbocycles. The number of tetrazole rings is 1. The van der Waals surface area contributed by atoms with E-state index in [9.17, 15) is 4.79 Å². The van der Waals surface area contributed by atoms with Crippen molar-refractivity contribution >= 4 is 5.97 Å². The van der Waals surface area contributed by atoms with Crippen LogP contribution in [0.2, 0.25) is 0 Å². The average Bonchev–Trinajstić information content (AvgIpc) is 2.74. The summed E-state index contributed by atoms with van der Waals surface area (Å²) in [5.74, 6) is -0.998. The van der Waals surface area contributed by atoms with Gasteiger partial charge in [0.1, 0.15) is 12.1 Å². The molecule has 16 heavy (non-hydrogen) atoms. The van der Waals surface area contributed by atoms with E-state index in [0.29, 0.717) is 5.56 Å². The second-order valence-corrected chi connectivity index (χ2v) is 3.12. The van der Waals surface area contributed by atoms with Crippen LogP contribution in [0.25, 0.3) is 0 Å². The monoisotopic (exact) mass is 220 g/mol. The Labute approximate surface area is 90.0 Å². The van der Waals surface area contributed by atoms with Crippen LogP contribution in [0.1, 0.15) is 11.6 Å². The molecule has 1 heterocycles. The molecule has 7 heteroatoms. The smallest absolute Gasteiger partial charge is 0.333 e. The fourth-order valence-electron chi connectivity index (χ4n) is 1.35. The normalized spacial score (nSPS) is 12.2. The number of nitrogens with zero attached hydrogens (tertiary/aromatic N) is 4. The minimum atomic E-state index is -1.07. The van der Waals surface area contributed by atoms with Gasteiger partial charge in [-0.1, -0.05) is 12.1 Å². The van der Waals surface area contributed by atoms with Crippen LogP contribution >= 0.6 is 0 Å². The minimum absolute atomic E-state index is 0.0737. The fraction of sp³-hybridized carbons (Fsp3) is 0.111. The molecule has 1 aromatic carbocycles. The zero-order valence-corrected chi connectivity index (χ0v) is 8.06. The number of aromatic hydroxyl groups is 1. The summed E-state index contributed by atoms with van der Waals surface area (Å²) < 4.78 is 1.13. The van der Waals surface area contributed by atoms with Crippen molar-refractivity contribution in [3.63, 3.8) is 0 Å². The number of carboxylic acids is 1. The highest BCUT2D eigenvalue weighted by Gasteiger charge is 2.22. The van der Waals surface area contributed by atoms with Crippen molar-refractivity contribution in [1.82, 2.24) is 20.2 Å². The van der Waals surface area contributed by atoms with Crippen molar-refractivity contribution in [1.29, 1.82) is 0 Å². The number of phenolic OH excluding ortho intramolecular Hbond substituents is 1. The third-order valence-electron chi connectivity index (χ3n) is 2.07. The Kier molecular flexibility index (Phi) is 2.50. The lowest BCUT2D eigenvalue weighted by molar-refractivity contribution is -0.139. The van der Waals surface area contributed by atoms with Crippen molar-refractivity contribution in [3.8, 4) is 5.75 Å². The molecule has 0 amide bonds. The van der Waals surface area contributed by atoms with E-state index < -0.39 is 12.0 Å². The van der Waals surface area contributed by atoms with E-state index in [1.54, 1.807) is 0 Å². The van der Waals surface area contributed by atoms with E-state index in [1.165, 1.54) is 30.6 Å². The van der Waals surface area contributed by atoms with Gasteiger partial charge >= 0.3 is 5.97 Å². The van der Waals surface area contributed by atoms with Crippen LogP contribution in [0, 0.1) is 0 Å². The van der Waals surface area contributed by atoms with Gasteiger partial charge in [0.25, 0.3) is 0 Å². The van der Waals surface area contributed by atoms with Gasteiger partial charge < -0.3 is 10.2 Å². The molecule has 0 aliphatic heterocycles. The molecule has 2 N–H and O–H groups in total. The Bertz CT molecular complexity index is 480. The molecule has 0 fully saturated rings. The third kappa shape index (κ3) is 1.83. The summed E-state index contributed by atoms with van der Waals surface area (Å²) in [6.07, 6.45) is 1.23. The number of hydrogen-bond donors (Lipinski definition) is 2. The van der Waals surface area contributed by atoms with Gasteiger partial charge in [0, 0.05) is 0 Å². The Hall–Kier alpha value is -2.44. The van der Waals surface area contributed by atoms with E-state index in [1.807, 2.05) is 0 Å². The number of rotatable bonds is 3. The average molecular weight is 220 g/mol. The number of aliphatic carboxylic acids is 1. The quantitative estimate of drug-likeness (QED) is 0.758. The van der Waals surface area contributed by atoms with Gasteiger partial charge in [0.15, 0.2) is 6.04 Å². The van der Waals surface area contributed by atoms with E-state index >= 15 is 0 Å². The molecule has 2 aromatic rings. The maximum absolute atomic E-state index is 11.1. The second kappa shape index (κ2) is 3.97. The molecule has 0 saturated carbocycles. The summed E-state index contributed by atoms with van der Waals surface area (Å²) in [6, 6.07) is 4.85. The predicted octanol–water partition coefficient (Wildman–Crippen LogP) is 0.0527. The molecule has 1 aromatic heterocycles. The highest BCUT2D eigenvalue weighted by Crippen LogP contribution is 2.19. The van der Waals surface area contributed by atoms with E-state index in [2.05, 4.69) is 15.5 Å². The van der Waals surface area contributed by atoms with Gasteiger partial charge in [0.05, 0.1) is 0 Å². The largest absolute Gasteiger partial charge is 0.508 e. The molecular formula is C9H8N4O3.